The maximum Gasteiger partial charge on any atom is 0.189 e. The van der Waals surface area contributed by atoms with Gasteiger partial charge in [0.15, 0.2) is 15.6 Å². The molecule has 2 aromatic rings. The maximum absolute atomic E-state index is 12.0. The van der Waals surface area contributed by atoms with Crippen molar-refractivity contribution in [2.45, 2.75) is 9.79 Å². The second kappa shape index (κ2) is 5.85. The zero-order chi connectivity index (χ0) is 14.8. The maximum atomic E-state index is 12.0. The fourth-order valence-electron chi connectivity index (χ4n) is 1.76. The Balaban J connectivity index is 2.02. The lowest BCUT2D eigenvalue weighted by Crippen LogP contribution is -2.07. The second-order valence-electron chi connectivity index (χ2n) is 4.46. The fraction of sp³-hybridized carbons (Fsp3) is 0.214. The molecule has 0 amide bonds. The molecule has 0 radical (unpaired) electrons. The van der Waals surface area contributed by atoms with Gasteiger partial charge in [-0.3, -0.25) is 4.79 Å². The molecule has 0 fully saturated rings. The number of aryl methyl sites for hydroxylation is 1. The Morgan fingerprint density at radius 1 is 1.20 bits per heavy atom. The zero-order valence-corrected chi connectivity index (χ0v) is 12.9. The molecule has 0 unspecified atom stereocenters. The van der Waals surface area contributed by atoms with Crippen LogP contribution in [0.15, 0.2) is 52.4 Å². The summed E-state index contributed by atoms with van der Waals surface area (Å²) < 4.78 is 24.5. The van der Waals surface area contributed by atoms with Gasteiger partial charge in [0.2, 0.25) is 0 Å². The molecular weight excluding hydrogens is 294 g/mol. The van der Waals surface area contributed by atoms with Crippen molar-refractivity contribution < 1.29 is 13.2 Å². The van der Waals surface area contributed by atoms with Gasteiger partial charge in [0, 0.05) is 24.4 Å². The molecular formula is C14H15NO3S2. The topological polar surface area (TPSA) is 56.1 Å². The molecule has 0 aliphatic carbocycles. The molecule has 0 bridgehead atoms. The van der Waals surface area contributed by atoms with Gasteiger partial charge in [-0.05, 0) is 36.4 Å². The van der Waals surface area contributed by atoms with Crippen LogP contribution < -0.4 is 0 Å². The summed E-state index contributed by atoms with van der Waals surface area (Å²) in [7, 11) is -1.34. The van der Waals surface area contributed by atoms with Gasteiger partial charge in [-0.1, -0.05) is 0 Å². The van der Waals surface area contributed by atoms with Crippen LogP contribution in [-0.2, 0) is 16.9 Å². The minimum absolute atomic E-state index is 0.0506. The second-order valence-corrected chi connectivity index (χ2v) is 7.52. The highest BCUT2D eigenvalue weighted by atomic mass is 32.2. The van der Waals surface area contributed by atoms with E-state index in [1.807, 2.05) is 19.3 Å². The third-order valence-corrected chi connectivity index (χ3v) is 4.99. The van der Waals surface area contributed by atoms with Crippen molar-refractivity contribution >= 4 is 27.4 Å². The Labute approximate surface area is 122 Å². The van der Waals surface area contributed by atoms with E-state index in [4.69, 9.17) is 0 Å². The average Bonchev–Trinajstić information content (AvgIpc) is 2.82. The van der Waals surface area contributed by atoms with Gasteiger partial charge in [-0.15, -0.1) is 11.8 Å². The normalized spacial score (nSPS) is 11.5. The summed E-state index contributed by atoms with van der Waals surface area (Å²) in [6.07, 6.45) is 3.01. The van der Waals surface area contributed by atoms with E-state index in [0.29, 0.717) is 11.4 Å². The molecule has 0 saturated carbocycles. The predicted octanol–water partition coefficient (Wildman–Crippen LogP) is 2.40. The van der Waals surface area contributed by atoms with E-state index in [1.54, 1.807) is 34.9 Å². The van der Waals surface area contributed by atoms with Crippen LogP contribution in [0.5, 0.6) is 0 Å². The van der Waals surface area contributed by atoms with Gasteiger partial charge in [0.25, 0.3) is 0 Å². The first-order valence-electron chi connectivity index (χ1n) is 5.95. The fourth-order valence-corrected chi connectivity index (χ4v) is 3.16. The number of carbonyl (C=O) groups excluding carboxylic acids is 1. The largest absolute Gasteiger partial charge is 0.348 e. The summed E-state index contributed by atoms with van der Waals surface area (Å²) >= 11 is 1.40. The smallest absolute Gasteiger partial charge is 0.189 e. The van der Waals surface area contributed by atoms with E-state index >= 15 is 0 Å². The van der Waals surface area contributed by atoms with Crippen molar-refractivity contribution in [2.75, 3.05) is 12.0 Å². The van der Waals surface area contributed by atoms with Crippen molar-refractivity contribution in [3.05, 3.63) is 48.3 Å². The van der Waals surface area contributed by atoms with E-state index in [0.717, 1.165) is 4.90 Å². The van der Waals surface area contributed by atoms with Crippen molar-refractivity contribution in [3.63, 3.8) is 0 Å². The summed E-state index contributed by atoms with van der Waals surface area (Å²) in [6.45, 7) is 0. The molecule has 2 rings (SSSR count). The van der Waals surface area contributed by atoms with Gasteiger partial charge < -0.3 is 4.57 Å². The summed E-state index contributed by atoms with van der Waals surface area (Å²) in [6, 6.07) is 10.2. The number of hydrogen-bond acceptors (Lipinski definition) is 4. The number of hydrogen-bond donors (Lipinski definition) is 0. The van der Waals surface area contributed by atoms with Crippen molar-refractivity contribution in [1.82, 2.24) is 4.57 Å². The van der Waals surface area contributed by atoms with Crippen LogP contribution in [-0.4, -0.2) is 30.8 Å². The van der Waals surface area contributed by atoms with E-state index < -0.39 is 9.84 Å². The number of sulfone groups is 1. The van der Waals surface area contributed by atoms with E-state index in [1.165, 1.54) is 18.0 Å². The molecule has 0 saturated heterocycles. The number of benzene rings is 1. The van der Waals surface area contributed by atoms with Crippen LogP contribution in [0.25, 0.3) is 0 Å². The van der Waals surface area contributed by atoms with Gasteiger partial charge >= 0.3 is 0 Å². The molecule has 1 aromatic carbocycles. The molecule has 106 valence electrons. The Morgan fingerprint density at radius 3 is 2.35 bits per heavy atom. The lowest BCUT2D eigenvalue weighted by Gasteiger charge is -2.04. The molecule has 0 spiro atoms. The van der Waals surface area contributed by atoms with Crippen LogP contribution >= 0.6 is 11.8 Å². The molecule has 20 heavy (non-hydrogen) atoms. The Hall–Kier alpha value is -1.53. The number of rotatable bonds is 5. The summed E-state index contributed by atoms with van der Waals surface area (Å²) in [5.74, 6) is 0.380. The quantitative estimate of drug-likeness (QED) is 0.628. The standard InChI is InChI=1S/C14H15NO3S2/c1-15-9-3-4-13(15)14(16)10-19-11-5-7-12(8-6-11)20(2,17)18/h3-9H,10H2,1-2H3. The molecule has 6 heteroatoms. The Kier molecular flexibility index (Phi) is 4.35. The number of nitrogens with zero attached hydrogens (tertiary/aromatic N) is 1. The third-order valence-electron chi connectivity index (χ3n) is 2.85. The first-order chi connectivity index (χ1) is 9.38. The lowest BCUT2D eigenvalue weighted by molar-refractivity contribution is 0.101. The Bertz CT molecular complexity index is 715. The predicted molar refractivity (Wildman–Crippen MR) is 80.0 cm³/mol. The first kappa shape index (κ1) is 14.9. The van der Waals surface area contributed by atoms with Crippen LogP contribution in [0.2, 0.25) is 0 Å². The van der Waals surface area contributed by atoms with E-state index in [-0.39, 0.29) is 10.7 Å². The SMILES string of the molecule is Cn1cccc1C(=O)CSc1ccc(S(C)(=O)=O)cc1. The Morgan fingerprint density at radius 2 is 1.85 bits per heavy atom. The van der Waals surface area contributed by atoms with Crippen LogP contribution in [0.3, 0.4) is 0 Å². The molecule has 1 aromatic heterocycles. The highest BCUT2D eigenvalue weighted by Gasteiger charge is 2.10. The molecule has 1 heterocycles. The van der Waals surface area contributed by atoms with Crippen molar-refractivity contribution in [3.8, 4) is 0 Å². The highest BCUT2D eigenvalue weighted by Crippen LogP contribution is 2.21. The van der Waals surface area contributed by atoms with Crippen LogP contribution in [0.1, 0.15) is 10.5 Å². The molecule has 0 N–H and O–H groups in total. The number of thioether (sulfide) groups is 1. The van der Waals surface area contributed by atoms with E-state index in [2.05, 4.69) is 0 Å². The highest BCUT2D eigenvalue weighted by molar-refractivity contribution is 8.00. The summed E-state index contributed by atoms with van der Waals surface area (Å²) in [4.78, 5) is 13.2. The van der Waals surface area contributed by atoms with Crippen LogP contribution in [0.4, 0.5) is 0 Å². The first-order valence-corrected chi connectivity index (χ1v) is 8.83. The van der Waals surface area contributed by atoms with Gasteiger partial charge in [-0.2, -0.15) is 0 Å². The third kappa shape index (κ3) is 3.52. The summed E-state index contributed by atoms with van der Waals surface area (Å²) in [5, 5.41) is 0. The number of carbonyl (C=O) groups is 1. The zero-order valence-electron chi connectivity index (χ0n) is 11.2. The lowest BCUT2D eigenvalue weighted by atomic mass is 10.3. The van der Waals surface area contributed by atoms with Crippen LogP contribution in [0, 0.1) is 0 Å². The minimum Gasteiger partial charge on any atom is -0.348 e. The summed E-state index contributed by atoms with van der Waals surface area (Å²) in [5.41, 5.74) is 0.672. The van der Waals surface area contributed by atoms with Crippen molar-refractivity contribution in [2.24, 2.45) is 7.05 Å². The average molecular weight is 309 g/mol. The van der Waals surface area contributed by atoms with Gasteiger partial charge in [-0.25, -0.2) is 8.42 Å². The monoisotopic (exact) mass is 309 g/mol. The van der Waals surface area contributed by atoms with Crippen molar-refractivity contribution in [1.29, 1.82) is 0 Å². The number of aromatic nitrogens is 1. The minimum atomic E-state index is -3.17. The van der Waals surface area contributed by atoms with Gasteiger partial charge in [0.1, 0.15) is 0 Å². The molecule has 0 aliphatic rings. The number of ketones is 1. The number of Topliss-reactive ketones (excluding diaryl/α,β-unsaturated/α-hetero) is 1. The van der Waals surface area contributed by atoms with Gasteiger partial charge in [0.05, 0.1) is 16.3 Å². The van der Waals surface area contributed by atoms with E-state index in [9.17, 15) is 13.2 Å². The molecule has 0 aliphatic heterocycles. The molecule has 0 atom stereocenters. The molecule has 4 nitrogen and oxygen atoms in total.